The Bertz CT molecular complexity index is 105. The summed E-state index contributed by atoms with van der Waals surface area (Å²) in [6.07, 6.45) is 2.91. The average Bonchev–Trinajstić information content (AvgIpc) is 2.12. The zero-order chi connectivity index (χ0) is 9.45. The second-order valence-electron chi connectivity index (χ2n) is 3.17. The summed E-state index contributed by atoms with van der Waals surface area (Å²) in [7, 11) is 0. The van der Waals surface area contributed by atoms with E-state index in [1.54, 1.807) is 0 Å². The van der Waals surface area contributed by atoms with Crippen molar-refractivity contribution in [3.05, 3.63) is 0 Å². The molecule has 0 radical (unpaired) electrons. The van der Waals surface area contributed by atoms with Crippen molar-refractivity contribution in [3.8, 4) is 0 Å². The molecule has 0 aromatic carbocycles. The van der Waals surface area contributed by atoms with Crippen LogP contribution in [0.2, 0.25) is 0 Å². The van der Waals surface area contributed by atoms with Gasteiger partial charge in [0, 0.05) is 5.54 Å². The third-order valence-electron chi connectivity index (χ3n) is 2.19. The Balaban J connectivity index is 3.45. The number of nitrogens with two attached hydrogens (primary N) is 1. The highest BCUT2D eigenvalue weighted by Gasteiger charge is 2.20. The smallest absolute Gasteiger partial charge is 0.0611 e. The van der Waals surface area contributed by atoms with Gasteiger partial charge in [0.15, 0.2) is 0 Å². The van der Waals surface area contributed by atoms with Crippen molar-refractivity contribution < 1.29 is 5.11 Å². The lowest BCUT2D eigenvalue weighted by atomic mass is 9.93. The molecule has 2 nitrogen and oxygen atoms in total. The van der Waals surface area contributed by atoms with Gasteiger partial charge in [0.05, 0.1) is 6.61 Å². The number of rotatable bonds is 7. The molecule has 0 aromatic rings. The molecule has 3 heteroatoms. The maximum absolute atomic E-state index is 9.01. The molecule has 0 amide bonds. The summed E-state index contributed by atoms with van der Waals surface area (Å²) in [5, 5.41) is 9.01. The first-order valence-electron chi connectivity index (χ1n) is 4.66. The maximum atomic E-state index is 9.01. The predicted octanol–water partition coefficient (Wildman–Crippen LogP) is 1.62. The summed E-state index contributed by atoms with van der Waals surface area (Å²) in [6.45, 7) is 4.30. The highest BCUT2D eigenvalue weighted by Crippen LogP contribution is 2.15. The SMILES string of the molecule is CCSCCCC(N)(CC)CO. The van der Waals surface area contributed by atoms with E-state index in [0.29, 0.717) is 0 Å². The topological polar surface area (TPSA) is 46.2 Å². The van der Waals surface area contributed by atoms with Crippen LogP contribution < -0.4 is 5.73 Å². The van der Waals surface area contributed by atoms with Crippen molar-refractivity contribution >= 4 is 11.8 Å². The standard InChI is InChI=1S/C9H21NOS/c1-3-9(10,8-11)6-5-7-12-4-2/h11H,3-8,10H2,1-2H3. The van der Waals surface area contributed by atoms with Crippen LogP contribution in [0.1, 0.15) is 33.1 Å². The fourth-order valence-electron chi connectivity index (χ4n) is 1.04. The van der Waals surface area contributed by atoms with Gasteiger partial charge in [-0.15, -0.1) is 0 Å². The first-order chi connectivity index (χ1) is 5.68. The summed E-state index contributed by atoms with van der Waals surface area (Å²) >= 11 is 1.93. The van der Waals surface area contributed by atoms with Crippen LogP contribution >= 0.6 is 11.8 Å². The molecule has 0 aliphatic carbocycles. The van der Waals surface area contributed by atoms with Crippen LogP contribution in [0, 0.1) is 0 Å². The highest BCUT2D eigenvalue weighted by molar-refractivity contribution is 7.99. The van der Waals surface area contributed by atoms with Gasteiger partial charge in [0.1, 0.15) is 0 Å². The molecule has 12 heavy (non-hydrogen) atoms. The number of hydrogen-bond donors (Lipinski definition) is 2. The number of aliphatic hydroxyl groups is 1. The molecule has 0 saturated heterocycles. The van der Waals surface area contributed by atoms with Gasteiger partial charge in [-0.25, -0.2) is 0 Å². The predicted molar refractivity (Wildman–Crippen MR) is 56.5 cm³/mol. The maximum Gasteiger partial charge on any atom is 0.0611 e. The third-order valence-corrected chi connectivity index (χ3v) is 3.17. The van der Waals surface area contributed by atoms with Gasteiger partial charge < -0.3 is 10.8 Å². The molecule has 1 atom stereocenters. The summed E-state index contributed by atoms with van der Waals surface area (Å²) in [5.41, 5.74) is 5.59. The average molecular weight is 191 g/mol. The molecule has 74 valence electrons. The van der Waals surface area contributed by atoms with E-state index < -0.39 is 0 Å². The molecular weight excluding hydrogens is 170 g/mol. The lowest BCUT2D eigenvalue weighted by Crippen LogP contribution is -2.42. The summed E-state index contributed by atoms with van der Waals surface area (Å²) in [6, 6.07) is 0. The molecule has 1 unspecified atom stereocenters. The minimum Gasteiger partial charge on any atom is -0.394 e. The van der Waals surface area contributed by atoms with Crippen molar-refractivity contribution in [1.29, 1.82) is 0 Å². The molecule has 3 N–H and O–H groups in total. The van der Waals surface area contributed by atoms with Crippen LogP contribution in [-0.2, 0) is 0 Å². The molecular formula is C9H21NOS. The van der Waals surface area contributed by atoms with Crippen LogP contribution in [0.3, 0.4) is 0 Å². The Labute approximate surface area is 79.9 Å². The number of aliphatic hydroxyl groups excluding tert-OH is 1. The van der Waals surface area contributed by atoms with Gasteiger partial charge in [-0.2, -0.15) is 11.8 Å². The summed E-state index contributed by atoms with van der Waals surface area (Å²) in [5.74, 6) is 2.33. The first kappa shape index (κ1) is 12.3. The van der Waals surface area contributed by atoms with Gasteiger partial charge in [-0.1, -0.05) is 13.8 Å². The largest absolute Gasteiger partial charge is 0.394 e. The Hall–Kier alpha value is 0.270. The van der Waals surface area contributed by atoms with Crippen molar-refractivity contribution in [3.63, 3.8) is 0 Å². The van der Waals surface area contributed by atoms with Crippen LogP contribution in [0.15, 0.2) is 0 Å². The quantitative estimate of drug-likeness (QED) is 0.601. The van der Waals surface area contributed by atoms with Gasteiger partial charge in [-0.3, -0.25) is 0 Å². The Kier molecular flexibility index (Phi) is 6.90. The van der Waals surface area contributed by atoms with Gasteiger partial charge in [-0.05, 0) is 30.8 Å². The van der Waals surface area contributed by atoms with Crippen LogP contribution in [0.4, 0.5) is 0 Å². The molecule has 0 fully saturated rings. The van der Waals surface area contributed by atoms with Gasteiger partial charge in [0.2, 0.25) is 0 Å². The van der Waals surface area contributed by atoms with Crippen molar-refractivity contribution in [2.45, 2.75) is 38.6 Å². The monoisotopic (exact) mass is 191 g/mol. The number of hydrogen-bond acceptors (Lipinski definition) is 3. The minimum atomic E-state index is -0.325. The van der Waals surface area contributed by atoms with E-state index >= 15 is 0 Å². The van der Waals surface area contributed by atoms with E-state index in [-0.39, 0.29) is 12.1 Å². The lowest BCUT2D eigenvalue weighted by Gasteiger charge is -2.25. The second kappa shape index (κ2) is 6.75. The van der Waals surface area contributed by atoms with E-state index in [4.69, 9.17) is 10.8 Å². The van der Waals surface area contributed by atoms with E-state index in [2.05, 4.69) is 6.92 Å². The van der Waals surface area contributed by atoms with Crippen LogP contribution in [-0.4, -0.2) is 28.8 Å². The molecule has 0 aromatic heterocycles. The zero-order valence-electron chi connectivity index (χ0n) is 8.18. The number of thioether (sulfide) groups is 1. The van der Waals surface area contributed by atoms with E-state index in [9.17, 15) is 0 Å². The zero-order valence-corrected chi connectivity index (χ0v) is 8.99. The summed E-state index contributed by atoms with van der Waals surface area (Å²) in [4.78, 5) is 0. The van der Waals surface area contributed by atoms with Crippen molar-refractivity contribution in [2.24, 2.45) is 5.73 Å². The minimum absolute atomic E-state index is 0.111. The Morgan fingerprint density at radius 3 is 2.50 bits per heavy atom. The van der Waals surface area contributed by atoms with Gasteiger partial charge >= 0.3 is 0 Å². The normalized spacial score (nSPS) is 16.0. The Morgan fingerprint density at radius 2 is 2.08 bits per heavy atom. The fraction of sp³-hybridized carbons (Fsp3) is 1.00. The van der Waals surface area contributed by atoms with Gasteiger partial charge in [0.25, 0.3) is 0 Å². The molecule has 0 aliphatic rings. The molecule has 0 rings (SSSR count). The lowest BCUT2D eigenvalue weighted by molar-refractivity contribution is 0.182. The fourth-order valence-corrected chi connectivity index (χ4v) is 1.68. The molecule has 0 saturated carbocycles. The molecule has 0 aliphatic heterocycles. The molecule has 0 heterocycles. The molecule has 0 bridgehead atoms. The van der Waals surface area contributed by atoms with E-state index in [1.807, 2.05) is 18.7 Å². The van der Waals surface area contributed by atoms with Crippen LogP contribution in [0.5, 0.6) is 0 Å². The molecule has 0 spiro atoms. The van der Waals surface area contributed by atoms with E-state index in [0.717, 1.165) is 25.0 Å². The third kappa shape index (κ3) is 5.01. The van der Waals surface area contributed by atoms with Crippen LogP contribution in [0.25, 0.3) is 0 Å². The van der Waals surface area contributed by atoms with Crippen molar-refractivity contribution in [2.75, 3.05) is 18.1 Å². The van der Waals surface area contributed by atoms with E-state index in [1.165, 1.54) is 5.75 Å². The summed E-state index contributed by atoms with van der Waals surface area (Å²) < 4.78 is 0. The van der Waals surface area contributed by atoms with Crippen molar-refractivity contribution in [1.82, 2.24) is 0 Å². The second-order valence-corrected chi connectivity index (χ2v) is 4.57. The highest BCUT2D eigenvalue weighted by atomic mass is 32.2. The first-order valence-corrected chi connectivity index (χ1v) is 5.81. The Morgan fingerprint density at radius 1 is 1.42 bits per heavy atom.